The van der Waals surface area contributed by atoms with E-state index < -0.39 is 0 Å². The first-order chi connectivity index (χ1) is 11.4. The second-order valence-electron chi connectivity index (χ2n) is 7.60. The lowest BCUT2D eigenvalue weighted by molar-refractivity contribution is -0.120. The minimum atomic E-state index is 0.0300. The minimum Gasteiger partial charge on any atom is -0.316 e. The molecular formula is C20H30N2OS. The van der Waals surface area contributed by atoms with Crippen molar-refractivity contribution in [3.8, 4) is 6.07 Å². The minimum absolute atomic E-state index is 0.0300. The Balaban J connectivity index is 2.26. The summed E-state index contributed by atoms with van der Waals surface area (Å²) >= 11 is 1.63. The van der Waals surface area contributed by atoms with Crippen LogP contribution >= 0.6 is 11.3 Å². The van der Waals surface area contributed by atoms with E-state index in [2.05, 4.69) is 32.2 Å². The van der Waals surface area contributed by atoms with Crippen LogP contribution in [0.3, 0.4) is 0 Å². The van der Waals surface area contributed by atoms with Crippen LogP contribution in [-0.2, 0) is 17.6 Å². The first-order valence-corrected chi connectivity index (χ1v) is 10.0. The van der Waals surface area contributed by atoms with E-state index in [4.69, 9.17) is 0 Å². The van der Waals surface area contributed by atoms with Crippen LogP contribution in [0.1, 0.15) is 76.3 Å². The number of thiophene rings is 1. The van der Waals surface area contributed by atoms with Crippen molar-refractivity contribution >= 4 is 22.2 Å². The van der Waals surface area contributed by atoms with Gasteiger partial charge in [0.05, 0.1) is 5.56 Å². The number of hydrogen-bond acceptors (Lipinski definition) is 3. The van der Waals surface area contributed by atoms with Crippen LogP contribution in [0.4, 0.5) is 5.00 Å². The molecule has 1 aromatic rings. The van der Waals surface area contributed by atoms with Gasteiger partial charge in [0.25, 0.3) is 0 Å². The highest BCUT2D eigenvalue weighted by Gasteiger charge is 2.34. The SMILES string of the molecule is CCC(CC)C(=O)Nc1sc2c(c1C#N)CC[C@@H](C(C)(C)CC)C2. The van der Waals surface area contributed by atoms with E-state index in [-0.39, 0.29) is 11.8 Å². The summed E-state index contributed by atoms with van der Waals surface area (Å²) in [7, 11) is 0. The van der Waals surface area contributed by atoms with E-state index in [1.807, 2.05) is 13.8 Å². The molecule has 0 saturated carbocycles. The van der Waals surface area contributed by atoms with Gasteiger partial charge in [0.1, 0.15) is 11.1 Å². The molecule has 0 fully saturated rings. The lowest BCUT2D eigenvalue weighted by Crippen LogP contribution is -2.28. The van der Waals surface area contributed by atoms with E-state index >= 15 is 0 Å². The number of anilines is 1. The summed E-state index contributed by atoms with van der Waals surface area (Å²) in [6, 6.07) is 2.35. The van der Waals surface area contributed by atoms with Crippen molar-refractivity contribution in [1.29, 1.82) is 5.26 Å². The van der Waals surface area contributed by atoms with Gasteiger partial charge in [0.2, 0.25) is 5.91 Å². The maximum absolute atomic E-state index is 12.4. The Morgan fingerprint density at radius 2 is 2.04 bits per heavy atom. The highest BCUT2D eigenvalue weighted by Crippen LogP contribution is 2.45. The summed E-state index contributed by atoms with van der Waals surface area (Å²) < 4.78 is 0. The highest BCUT2D eigenvalue weighted by atomic mass is 32.1. The molecule has 0 aliphatic heterocycles. The van der Waals surface area contributed by atoms with Crippen molar-refractivity contribution in [1.82, 2.24) is 0 Å². The van der Waals surface area contributed by atoms with E-state index in [0.29, 0.717) is 16.9 Å². The van der Waals surface area contributed by atoms with Crippen LogP contribution in [0.15, 0.2) is 0 Å². The summed E-state index contributed by atoms with van der Waals surface area (Å²) in [5.41, 5.74) is 2.22. The second kappa shape index (κ2) is 7.70. The largest absolute Gasteiger partial charge is 0.316 e. The quantitative estimate of drug-likeness (QED) is 0.735. The predicted octanol–water partition coefficient (Wildman–Crippen LogP) is 5.54. The number of carbonyl (C=O) groups is 1. The molecule has 132 valence electrons. The first kappa shape index (κ1) is 19.0. The predicted molar refractivity (Wildman–Crippen MR) is 101 cm³/mol. The number of nitrogens with one attached hydrogen (secondary N) is 1. The third-order valence-electron chi connectivity index (χ3n) is 5.99. The lowest BCUT2D eigenvalue weighted by Gasteiger charge is -2.36. The molecule has 0 spiro atoms. The Morgan fingerprint density at radius 1 is 1.38 bits per heavy atom. The van der Waals surface area contributed by atoms with Crippen molar-refractivity contribution in [2.75, 3.05) is 5.32 Å². The lowest BCUT2D eigenvalue weighted by atomic mass is 9.69. The van der Waals surface area contributed by atoms with E-state index in [0.717, 1.165) is 37.1 Å². The fourth-order valence-corrected chi connectivity index (χ4v) is 4.90. The molecule has 2 rings (SSSR count). The smallest absolute Gasteiger partial charge is 0.228 e. The summed E-state index contributed by atoms with van der Waals surface area (Å²) in [5, 5.41) is 13.4. The molecule has 24 heavy (non-hydrogen) atoms. The molecule has 1 aromatic heterocycles. The van der Waals surface area contributed by atoms with Crippen molar-refractivity contribution in [2.45, 2.75) is 73.1 Å². The number of rotatable bonds is 6. The summed E-state index contributed by atoms with van der Waals surface area (Å²) in [6.07, 6.45) is 5.98. The molecule has 0 bridgehead atoms. The number of amides is 1. The van der Waals surface area contributed by atoms with Gasteiger partial charge in [-0.3, -0.25) is 4.79 Å². The monoisotopic (exact) mass is 346 g/mol. The Kier molecular flexibility index (Phi) is 6.09. The van der Waals surface area contributed by atoms with E-state index in [1.165, 1.54) is 16.9 Å². The van der Waals surface area contributed by atoms with Crippen LogP contribution < -0.4 is 5.32 Å². The van der Waals surface area contributed by atoms with Crippen molar-refractivity contribution < 1.29 is 4.79 Å². The van der Waals surface area contributed by atoms with Crippen molar-refractivity contribution in [3.63, 3.8) is 0 Å². The van der Waals surface area contributed by atoms with E-state index in [9.17, 15) is 10.1 Å². The standard InChI is InChI=1S/C20H30N2OS/c1-6-13(7-2)18(23)22-19-16(12-21)15-10-9-14(11-17(15)24-19)20(4,5)8-3/h13-14H,6-11H2,1-5H3,(H,22,23)/t14-/m1/s1. The van der Waals surface area contributed by atoms with E-state index in [1.54, 1.807) is 11.3 Å². The number of fused-ring (bicyclic) bond motifs is 1. The molecule has 0 aromatic carbocycles. The molecular weight excluding hydrogens is 316 g/mol. The number of hydrogen-bond donors (Lipinski definition) is 1. The van der Waals surface area contributed by atoms with Crippen LogP contribution in [-0.4, -0.2) is 5.91 Å². The normalized spacial score (nSPS) is 17.5. The third-order valence-corrected chi connectivity index (χ3v) is 7.16. The van der Waals surface area contributed by atoms with Gasteiger partial charge >= 0.3 is 0 Å². The zero-order chi connectivity index (χ0) is 17.9. The van der Waals surface area contributed by atoms with Crippen LogP contribution in [0.2, 0.25) is 0 Å². The van der Waals surface area contributed by atoms with Gasteiger partial charge in [-0.05, 0) is 49.0 Å². The molecule has 1 heterocycles. The summed E-state index contributed by atoms with van der Waals surface area (Å²) in [4.78, 5) is 13.7. The summed E-state index contributed by atoms with van der Waals surface area (Å²) in [6.45, 7) is 11.0. The number of carbonyl (C=O) groups excluding carboxylic acids is 1. The van der Waals surface area contributed by atoms with Crippen LogP contribution in [0, 0.1) is 28.6 Å². The molecule has 0 unspecified atom stereocenters. The average molecular weight is 347 g/mol. The topological polar surface area (TPSA) is 52.9 Å². The maximum Gasteiger partial charge on any atom is 0.228 e. The van der Waals surface area contributed by atoms with Gasteiger partial charge in [-0.25, -0.2) is 0 Å². The van der Waals surface area contributed by atoms with Crippen molar-refractivity contribution in [3.05, 3.63) is 16.0 Å². The fraction of sp³-hybridized carbons (Fsp3) is 0.700. The molecule has 4 heteroatoms. The fourth-order valence-electron chi connectivity index (χ4n) is 3.62. The molecule has 1 atom stereocenters. The third kappa shape index (κ3) is 3.67. The molecule has 3 nitrogen and oxygen atoms in total. The highest BCUT2D eigenvalue weighted by molar-refractivity contribution is 7.16. The first-order valence-electron chi connectivity index (χ1n) is 9.23. The molecule has 0 saturated heterocycles. The van der Waals surface area contributed by atoms with Gasteiger partial charge in [0.15, 0.2) is 0 Å². The second-order valence-corrected chi connectivity index (χ2v) is 8.71. The Bertz CT molecular complexity index is 635. The summed E-state index contributed by atoms with van der Waals surface area (Å²) in [5.74, 6) is 0.741. The van der Waals surface area contributed by atoms with Gasteiger partial charge in [-0.2, -0.15) is 5.26 Å². The maximum atomic E-state index is 12.4. The van der Waals surface area contributed by atoms with Gasteiger partial charge in [-0.15, -0.1) is 11.3 Å². The number of nitriles is 1. The Labute approximate surface area is 150 Å². The Hall–Kier alpha value is -1.34. The zero-order valence-electron chi connectivity index (χ0n) is 15.7. The molecule has 1 N–H and O–H groups in total. The van der Waals surface area contributed by atoms with Crippen LogP contribution in [0.5, 0.6) is 0 Å². The number of nitrogens with zero attached hydrogens (tertiary/aromatic N) is 1. The van der Waals surface area contributed by atoms with Gasteiger partial charge < -0.3 is 5.32 Å². The van der Waals surface area contributed by atoms with Gasteiger partial charge in [0, 0.05) is 10.8 Å². The Morgan fingerprint density at radius 3 is 2.58 bits per heavy atom. The van der Waals surface area contributed by atoms with Gasteiger partial charge in [-0.1, -0.05) is 41.0 Å². The van der Waals surface area contributed by atoms with Crippen molar-refractivity contribution in [2.24, 2.45) is 17.3 Å². The average Bonchev–Trinajstić information content (AvgIpc) is 2.91. The molecule has 1 aliphatic rings. The van der Waals surface area contributed by atoms with Crippen LogP contribution in [0.25, 0.3) is 0 Å². The molecule has 0 radical (unpaired) electrons. The zero-order valence-corrected chi connectivity index (χ0v) is 16.5. The molecule has 1 aliphatic carbocycles. The molecule has 1 amide bonds.